The summed E-state index contributed by atoms with van der Waals surface area (Å²) in [5, 5.41) is 7.83. The van der Waals surface area contributed by atoms with Crippen molar-refractivity contribution < 1.29 is 4.79 Å². The molecule has 3 heterocycles. The van der Waals surface area contributed by atoms with Crippen LogP contribution in [0, 0.1) is 0 Å². The molecule has 2 aromatic rings. The first-order valence-corrected chi connectivity index (χ1v) is 10.9. The Labute approximate surface area is 184 Å². The highest BCUT2D eigenvalue weighted by Crippen LogP contribution is 2.29. The minimum atomic E-state index is -0.135. The van der Waals surface area contributed by atoms with E-state index in [2.05, 4.69) is 49.0 Å². The van der Waals surface area contributed by atoms with Crippen molar-refractivity contribution in [3.8, 4) is 0 Å². The van der Waals surface area contributed by atoms with Crippen LogP contribution in [0.5, 0.6) is 0 Å². The van der Waals surface area contributed by atoms with Crippen LogP contribution < -0.4 is 11.1 Å². The number of hydrogen-bond donors (Lipinski definition) is 2. The van der Waals surface area contributed by atoms with Gasteiger partial charge in [-0.1, -0.05) is 19.6 Å². The lowest BCUT2D eigenvalue weighted by molar-refractivity contribution is -0.131. The third kappa shape index (κ3) is 4.74. The molecule has 0 saturated carbocycles. The first-order valence-electron chi connectivity index (χ1n) is 10.9. The Balaban J connectivity index is 1.90. The van der Waals surface area contributed by atoms with Gasteiger partial charge in [0.25, 0.3) is 0 Å². The number of hydrogen-bond acceptors (Lipinski definition) is 6. The van der Waals surface area contributed by atoms with Gasteiger partial charge in [-0.2, -0.15) is 9.61 Å². The van der Waals surface area contributed by atoms with Gasteiger partial charge in [0, 0.05) is 63.1 Å². The molecule has 2 aromatic heterocycles. The molecule has 0 aromatic carbocycles. The van der Waals surface area contributed by atoms with Gasteiger partial charge in [-0.15, -0.1) is 0 Å². The minimum Gasteiger partial charge on any atom is -0.384 e. The molecule has 3 N–H and O–H groups in total. The van der Waals surface area contributed by atoms with Crippen LogP contribution in [0.4, 0.5) is 5.82 Å². The molecular formula is C23H35N7O. The molecule has 168 valence electrons. The van der Waals surface area contributed by atoms with E-state index in [1.807, 2.05) is 12.1 Å². The number of rotatable bonds is 7. The van der Waals surface area contributed by atoms with Crippen LogP contribution >= 0.6 is 0 Å². The van der Waals surface area contributed by atoms with Gasteiger partial charge < -0.3 is 20.9 Å². The Morgan fingerprint density at radius 2 is 2.16 bits per heavy atom. The molecule has 8 nitrogen and oxygen atoms in total. The van der Waals surface area contributed by atoms with Gasteiger partial charge in [0.15, 0.2) is 5.65 Å². The van der Waals surface area contributed by atoms with Gasteiger partial charge >= 0.3 is 0 Å². The summed E-state index contributed by atoms with van der Waals surface area (Å²) in [6.45, 7) is 9.05. The lowest BCUT2D eigenvalue weighted by Gasteiger charge is -2.30. The van der Waals surface area contributed by atoms with Crippen LogP contribution in [0.25, 0.3) is 11.2 Å². The van der Waals surface area contributed by atoms with Gasteiger partial charge in [0.2, 0.25) is 5.91 Å². The van der Waals surface area contributed by atoms with Crippen LogP contribution in [-0.4, -0.2) is 70.1 Å². The van der Waals surface area contributed by atoms with Crippen molar-refractivity contribution in [3.05, 3.63) is 42.4 Å². The number of nitrogens with zero attached hydrogens (tertiary/aromatic N) is 5. The summed E-state index contributed by atoms with van der Waals surface area (Å²) in [5.74, 6) is 0.863. The fraction of sp³-hybridized carbons (Fsp3) is 0.522. The number of carbonyl (C=O) groups excluding carboxylic acids is 1. The third-order valence-electron chi connectivity index (χ3n) is 6.25. The zero-order valence-corrected chi connectivity index (χ0v) is 19.3. The largest absolute Gasteiger partial charge is 0.384 e. The van der Waals surface area contributed by atoms with Crippen molar-refractivity contribution in [2.75, 3.05) is 33.4 Å². The van der Waals surface area contributed by atoms with Crippen molar-refractivity contribution in [2.45, 2.75) is 51.1 Å². The van der Waals surface area contributed by atoms with Crippen molar-refractivity contribution >= 4 is 22.9 Å². The number of nitrogens with one attached hydrogen (secondary N) is 1. The molecule has 0 aliphatic carbocycles. The fourth-order valence-electron chi connectivity index (χ4n) is 3.92. The predicted molar refractivity (Wildman–Crippen MR) is 126 cm³/mol. The summed E-state index contributed by atoms with van der Waals surface area (Å²) >= 11 is 0. The van der Waals surface area contributed by atoms with Crippen LogP contribution in [0.1, 0.15) is 50.3 Å². The van der Waals surface area contributed by atoms with E-state index in [0.29, 0.717) is 18.4 Å². The van der Waals surface area contributed by atoms with Crippen LogP contribution in [0.15, 0.2) is 31.1 Å². The summed E-state index contributed by atoms with van der Waals surface area (Å²) in [5.41, 5.74) is 9.84. The maximum absolute atomic E-state index is 12.2. The summed E-state index contributed by atoms with van der Waals surface area (Å²) in [7, 11) is 5.64. The first-order chi connectivity index (χ1) is 14.8. The Hall–Kier alpha value is -2.87. The molecule has 8 heteroatoms. The third-order valence-corrected chi connectivity index (χ3v) is 6.25. The van der Waals surface area contributed by atoms with E-state index in [1.165, 1.54) is 0 Å². The number of carbonyl (C=O) groups is 1. The van der Waals surface area contributed by atoms with E-state index in [4.69, 9.17) is 10.7 Å². The molecule has 0 bridgehead atoms. The highest BCUT2D eigenvalue weighted by molar-refractivity contribution is 5.82. The molecule has 31 heavy (non-hydrogen) atoms. The number of fused-ring (bicyclic) bond motifs is 1. The van der Waals surface area contributed by atoms with E-state index in [-0.39, 0.29) is 17.9 Å². The molecule has 1 fully saturated rings. The van der Waals surface area contributed by atoms with E-state index in [0.717, 1.165) is 41.7 Å². The molecule has 3 unspecified atom stereocenters. The maximum atomic E-state index is 12.2. The number of amides is 1. The molecule has 0 spiro atoms. The Morgan fingerprint density at radius 3 is 2.74 bits per heavy atom. The van der Waals surface area contributed by atoms with Crippen molar-refractivity contribution in [2.24, 2.45) is 0 Å². The van der Waals surface area contributed by atoms with Crippen molar-refractivity contribution in [3.63, 3.8) is 0 Å². The van der Waals surface area contributed by atoms with Crippen LogP contribution in [-0.2, 0) is 4.79 Å². The van der Waals surface area contributed by atoms with Gasteiger partial charge in [0.05, 0.1) is 17.9 Å². The molecule has 3 rings (SSSR count). The number of anilines is 1. The van der Waals surface area contributed by atoms with E-state index >= 15 is 0 Å². The van der Waals surface area contributed by atoms with E-state index in [1.54, 1.807) is 29.7 Å². The zero-order valence-electron chi connectivity index (χ0n) is 19.3. The predicted octanol–water partition coefficient (Wildman–Crippen LogP) is 2.49. The van der Waals surface area contributed by atoms with Gasteiger partial charge in [-0.05, 0) is 26.2 Å². The normalized spacial score (nSPS) is 20.5. The number of nitrogens with two attached hydrogens (primary N) is 1. The lowest BCUT2D eigenvalue weighted by Crippen LogP contribution is -2.48. The second-order valence-electron chi connectivity index (χ2n) is 8.58. The van der Waals surface area contributed by atoms with Crippen molar-refractivity contribution in [1.29, 1.82) is 0 Å². The monoisotopic (exact) mass is 425 g/mol. The summed E-state index contributed by atoms with van der Waals surface area (Å²) in [6, 6.07) is 2.17. The summed E-state index contributed by atoms with van der Waals surface area (Å²) in [4.78, 5) is 21.0. The molecule has 1 aliphatic heterocycles. The van der Waals surface area contributed by atoms with E-state index < -0.39 is 0 Å². The highest BCUT2D eigenvalue weighted by Gasteiger charge is 2.29. The number of piperidine rings is 1. The molecule has 1 saturated heterocycles. The first kappa shape index (κ1) is 22.8. The Kier molecular flexibility index (Phi) is 7.00. The zero-order chi connectivity index (χ0) is 22.7. The molecule has 1 amide bonds. The van der Waals surface area contributed by atoms with Gasteiger partial charge in [0.1, 0.15) is 5.82 Å². The Morgan fingerprint density at radius 1 is 1.42 bits per heavy atom. The quantitative estimate of drug-likeness (QED) is 0.662. The number of allylic oxidation sites excluding steroid dienone is 2. The SMILES string of the molecule is C=CC(=CN(C)C(C)CC)c1cnn2c(N)cc(C3CCC(C(=O)N(C)C)NC3)nc12. The minimum absolute atomic E-state index is 0.116. The second-order valence-corrected chi connectivity index (χ2v) is 8.58. The van der Waals surface area contributed by atoms with Gasteiger partial charge in [-0.3, -0.25) is 4.79 Å². The topological polar surface area (TPSA) is 91.8 Å². The average molecular weight is 426 g/mol. The Bertz CT molecular complexity index is 970. The van der Waals surface area contributed by atoms with E-state index in [9.17, 15) is 4.79 Å². The summed E-state index contributed by atoms with van der Waals surface area (Å²) < 4.78 is 1.67. The maximum Gasteiger partial charge on any atom is 0.239 e. The average Bonchev–Trinajstić information content (AvgIpc) is 3.20. The van der Waals surface area contributed by atoms with Gasteiger partial charge in [-0.25, -0.2) is 4.98 Å². The lowest BCUT2D eigenvalue weighted by atomic mass is 9.91. The number of nitrogen functional groups attached to an aromatic ring is 1. The molecular weight excluding hydrogens is 390 g/mol. The molecule has 1 aliphatic rings. The molecule has 0 radical (unpaired) electrons. The molecule has 3 atom stereocenters. The highest BCUT2D eigenvalue weighted by atomic mass is 16.2. The van der Waals surface area contributed by atoms with Crippen LogP contribution in [0.3, 0.4) is 0 Å². The standard InChI is InChI=1S/C23H35N7O/c1-7-15(3)29(6)14-16(8-2)18-13-26-30-21(24)11-20(27-22(18)30)17-9-10-19(25-12-17)23(31)28(4)5/h8,11,13-15,17,19,25H,2,7,9-10,12,24H2,1,3-6H3. The van der Waals surface area contributed by atoms with Crippen molar-refractivity contribution in [1.82, 2.24) is 29.7 Å². The summed E-state index contributed by atoms with van der Waals surface area (Å²) in [6.07, 6.45) is 8.42. The number of likely N-dealkylation sites (N-methyl/N-ethyl adjacent to an activating group) is 1. The van der Waals surface area contributed by atoms with Crippen LogP contribution in [0.2, 0.25) is 0 Å². The number of aromatic nitrogens is 3. The second kappa shape index (κ2) is 9.51. The fourth-order valence-corrected chi connectivity index (χ4v) is 3.92. The smallest absolute Gasteiger partial charge is 0.239 e.